The third-order valence-electron chi connectivity index (χ3n) is 2.90. The summed E-state index contributed by atoms with van der Waals surface area (Å²) in [5.74, 6) is 1.86. The molecule has 0 spiro atoms. The first-order valence-electron chi connectivity index (χ1n) is 6.05. The van der Waals surface area contributed by atoms with E-state index in [-0.39, 0.29) is 6.04 Å². The molecule has 0 aliphatic heterocycles. The maximum atomic E-state index is 5.75. The fourth-order valence-corrected chi connectivity index (χ4v) is 1.92. The number of methoxy groups -OCH3 is 2. The van der Waals surface area contributed by atoms with Crippen LogP contribution in [-0.2, 0) is 6.42 Å². The summed E-state index contributed by atoms with van der Waals surface area (Å²) in [6.45, 7) is 4.06. The van der Waals surface area contributed by atoms with Crippen LogP contribution in [0.2, 0.25) is 0 Å². The van der Waals surface area contributed by atoms with Gasteiger partial charge in [-0.3, -0.25) is 0 Å². The first-order chi connectivity index (χ1) is 8.08. The quantitative estimate of drug-likeness (QED) is 0.827. The van der Waals surface area contributed by atoms with Crippen LogP contribution in [0.25, 0.3) is 0 Å². The van der Waals surface area contributed by atoms with Gasteiger partial charge in [0.2, 0.25) is 0 Å². The molecule has 0 amide bonds. The molecule has 0 heterocycles. The third-order valence-corrected chi connectivity index (χ3v) is 2.90. The highest BCUT2D eigenvalue weighted by molar-refractivity contribution is 5.45. The van der Waals surface area contributed by atoms with Crippen LogP contribution in [0.5, 0.6) is 11.5 Å². The van der Waals surface area contributed by atoms with Crippen LogP contribution in [0.3, 0.4) is 0 Å². The predicted molar refractivity (Wildman–Crippen MR) is 70.9 cm³/mol. The van der Waals surface area contributed by atoms with Gasteiger partial charge in [0, 0.05) is 6.04 Å². The minimum atomic E-state index is 0.258. The van der Waals surface area contributed by atoms with Crippen molar-refractivity contribution in [3.05, 3.63) is 23.3 Å². The van der Waals surface area contributed by atoms with Gasteiger partial charge in [-0.05, 0) is 56.4 Å². The van der Waals surface area contributed by atoms with Crippen LogP contribution in [0.15, 0.2) is 12.1 Å². The summed E-state index contributed by atoms with van der Waals surface area (Å²) < 4.78 is 10.7. The van der Waals surface area contributed by atoms with Crippen molar-refractivity contribution in [1.82, 2.24) is 0 Å². The molecular weight excluding hydrogens is 214 g/mol. The van der Waals surface area contributed by atoms with Crippen LogP contribution in [-0.4, -0.2) is 20.3 Å². The van der Waals surface area contributed by atoms with Crippen LogP contribution in [0, 0.1) is 6.92 Å². The van der Waals surface area contributed by atoms with Crippen LogP contribution in [0.4, 0.5) is 0 Å². The summed E-state index contributed by atoms with van der Waals surface area (Å²) in [7, 11) is 3.40. The molecule has 0 aromatic heterocycles. The second-order valence-corrected chi connectivity index (χ2v) is 4.50. The van der Waals surface area contributed by atoms with Gasteiger partial charge in [-0.15, -0.1) is 0 Å². The van der Waals surface area contributed by atoms with E-state index in [2.05, 4.69) is 6.07 Å². The number of benzene rings is 1. The number of nitrogens with two attached hydrogens (primary N) is 1. The molecule has 0 bridgehead atoms. The van der Waals surface area contributed by atoms with E-state index in [1.807, 2.05) is 19.9 Å². The zero-order valence-corrected chi connectivity index (χ0v) is 11.2. The molecule has 0 fully saturated rings. The highest BCUT2D eigenvalue weighted by Crippen LogP contribution is 2.29. The minimum absolute atomic E-state index is 0.258. The summed E-state index contributed by atoms with van der Waals surface area (Å²) in [5.41, 5.74) is 8.04. The SMILES string of the molecule is COc1cc(CCCC(C)N)c(OC)cc1C. The predicted octanol–water partition coefficient (Wildman–Crippen LogP) is 2.68. The van der Waals surface area contributed by atoms with Gasteiger partial charge in [0.15, 0.2) is 0 Å². The molecule has 1 rings (SSSR count). The Balaban J connectivity index is 2.81. The summed E-state index contributed by atoms with van der Waals surface area (Å²) in [6.07, 6.45) is 3.07. The average molecular weight is 237 g/mol. The first kappa shape index (κ1) is 13.8. The van der Waals surface area contributed by atoms with Crippen molar-refractivity contribution < 1.29 is 9.47 Å². The highest BCUT2D eigenvalue weighted by atomic mass is 16.5. The average Bonchev–Trinajstić information content (AvgIpc) is 2.30. The topological polar surface area (TPSA) is 44.5 Å². The molecule has 17 heavy (non-hydrogen) atoms. The van der Waals surface area contributed by atoms with E-state index >= 15 is 0 Å². The van der Waals surface area contributed by atoms with Crippen molar-refractivity contribution in [3.8, 4) is 11.5 Å². The number of hydrogen-bond acceptors (Lipinski definition) is 3. The van der Waals surface area contributed by atoms with Gasteiger partial charge in [-0.25, -0.2) is 0 Å². The van der Waals surface area contributed by atoms with E-state index in [1.54, 1.807) is 14.2 Å². The molecule has 96 valence electrons. The third kappa shape index (κ3) is 3.93. The zero-order chi connectivity index (χ0) is 12.8. The van der Waals surface area contributed by atoms with Gasteiger partial charge in [0.1, 0.15) is 11.5 Å². The normalized spacial score (nSPS) is 12.3. The van der Waals surface area contributed by atoms with Crippen LogP contribution in [0.1, 0.15) is 30.9 Å². The molecule has 1 unspecified atom stereocenters. The summed E-state index contributed by atoms with van der Waals surface area (Å²) in [5, 5.41) is 0. The summed E-state index contributed by atoms with van der Waals surface area (Å²) in [6, 6.07) is 4.35. The lowest BCUT2D eigenvalue weighted by Crippen LogP contribution is -2.14. The van der Waals surface area contributed by atoms with Crippen molar-refractivity contribution in [2.45, 2.75) is 39.2 Å². The lowest BCUT2D eigenvalue weighted by molar-refractivity contribution is 0.395. The van der Waals surface area contributed by atoms with Gasteiger partial charge >= 0.3 is 0 Å². The molecule has 3 heteroatoms. The van der Waals surface area contributed by atoms with E-state index < -0.39 is 0 Å². The standard InChI is InChI=1S/C14H23NO2/c1-10-8-14(17-4)12(9-13(10)16-3)7-5-6-11(2)15/h8-9,11H,5-7,15H2,1-4H3. The van der Waals surface area contributed by atoms with Crippen LogP contribution >= 0.6 is 0 Å². The Morgan fingerprint density at radius 1 is 1.18 bits per heavy atom. The van der Waals surface area contributed by atoms with Crippen molar-refractivity contribution in [2.24, 2.45) is 5.73 Å². The van der Waals surface area contributed by atoms with Gasteiger partial charge in [0.25, 0.3) is 0 Å². The summed E-state index contributed by atoms with van der Waals surface area (Å²) in [4.78, 5) is 0. The molecule has 0 aliphatic rings. The van der Waals surface area contributed by atoms with E-state index in [0.29, 0.717) is 0 Å². The Morgan fingerprint density at radius 2 is 1.82 bits per heavy atom. The molecule has 2 N–H and O–H groups in total. The lowest BCUT2D eigenvalue weighted by atomic mass is 10.0. The second kappa shape index (κ2) is 6.50. The maximum Gasteiger partial charge on any atom is 0.122 e. The van der Waals surface area contributed by atoms with E-state index in [1.165, 1.54) is 5.56 Å². The molecule has 0 aliphatic carbocycles. The molecule has 0 saturated heterocycles. The Morgan fingerprint density at radius 3 is 2.35 bits per heavy atom. The summed E-state index contributed by atoms with van der Waals surface area (Å²) >= 11 is 0. The monoisotopic (exact) mass is 237 g/mol. The van der Waals surface area contributed by atoms with E-state index in [9.17, 15) is 0 Å². The minimum Gasteiger partial charge on any atom is -0.496 e. The number of hydrogen-bond donors (Lipinski definition) is 1. The Labute approximate surface area is 104 Å². The molecule has 1 atom stereocenters. The molecule has 1 aromatic carbocycles. The molecule has 0 radical (unpaired) electrons. The van der Waals surface area contributed by atoms with E-state index in [4.69, 9.17) is 15.2 Å². The van der Waals surface area contributed by atoms with Crippen molar-refractivity contribution in [3.63, 3.8) is 0 Å². The number of rotatable bonds is 6. The fraction of sp³-hybridized carbons (Fsp3) is 0.571. The smallest absolute Gasteiger partial charge is 0.122 e. The van der Waals surface area contributed by atoms with Gasteiger partial charge in [-0.2, -0.15) is 0 Å². The van der Waals surface area contributed by atoms with Gasteiger partial charge in [0.05, 0.1) is 14.2 Å². The van der Waals surface area contributed by atoms with E-state index in [0.717, 1.165) is 36.3 Å². The van der Waals surface area contributed by atoms with Crippen LogP contribution < -0.4 is 15.2 Å². The fourth-order valence-electron chi connectivity index (χ4n) is 1.92. The Kier molecular flexibility index (Phi) is 5.29. The molecule has 0 saturated carbocycles. The first-order valence-corrected chi connectivity index (χ1v) is 6.05. The Hall–Kier alpha value is -1.22. The van der Waals surface area contributed by atoms with Crippen molar-refractivity contribution in [1.29, 1.82) is 0 Å². The molecular formula is C14H23NO2. The largest absolute Gasteiger partial charge is 0.496 e. The zero-order valence-electron chi connectivity index (χ0n) is 11.2. The highest BCUT2D eigenvalue weighted by Gasteiger charge is 2.08. The number of aryl methyl sites for hydroxylation is 2. The maximum absolute atomic E-state index is 5.75. The molecule has 1 aromatic rings. The lowest BCUT2D eigenvalue weighted by Gasteiger charge is -2.13. The Bertz CT molecular complexity index is 361. The second-order valence-electron chi connectivity index (χ2n) is 4.50. The molecule has 3 nitrogen and oxygen atoms in total. The number of ether oxygens (including phenoxy) is 2. The van der Waals surface area contributed by atoms with Gasteiger partial charge < -0.3 is 15.2 Å². The van der Waals surface area contributed by atoms with Crippen molar-refractivity contribution >= 4 is 0 Å². The van der Waals surface area contributed by atoms with Crippen molar-refractivity contribution in [2.75, 3.05) is 14.2 Å². The van der Waals surface area contributed by atoms with Gasteiger partial charge in [-0.1, -0.05) is 0 Å².